The molecule has 0 amide bonds. The Hall–Kier alpha value is -2.21. The van der Waals surface area contributed by atoms with Crippen LogP contribution in [-0.2, 0) is 0 Å². The Labute approximate surface area is 122 Å². The van der Waals surface area contributed by atoms with Gasteiger partial charge in [-0.25, -0.2) is 0 Å². The Kier molecular flexibility index (Phi) is 4.47. The number of benzene rings is 1. The summed E-state index contributed by atoms with van der Waals surface area (Å²) in [5.74, 6) is 2.05. The van der Waals surface area contributed by atoms with Gasteiger partial charge in [-0.1, -0.05) is 11.6 Å². The fourth-order valence-electron chi connectivity index (χ4n) is 1.69. The summed E-state index contributed by atoms with van der Waals surface area (Å²) in [4.78, 5) is 8.21. The molecule has 0 atom stereocenters. The van der Waals surface area contributed by atoms with Gasteiger partial charge in [-0.05, 0) is 19.1 Å². The number of nitrogens with zero attached hydrogens (tertiary/aromatic N) is 2. The van der Waals surface area contributed by atoms with Crippen LogP contribution in [0.4, 0.5) is 23.3 Å². The topological polar surface area (TPSA) is 85.1 Å². The summed E-state index contributed by atoms with van der Waals surface area (Å²) in [6.45, 7) is 2.74. The molecule has 1 aromatic heterocycles. The highest BCUT2D eigenvalue weighted by Gasteiger charge is 2.05. The molecule has 0 aliphatic rings. The van der Waals surface area contributed by atoms with E-state index in [1.54, 1.807) is 25.3 Å². The number of nitrogen functional groups attached to an aromatic ring is 1. The van der Waals surface area contributed by atoms with Crippen molar-refractivity contribution < 1.29 is 4.74 Å². The maximum absolute atomic E-state index is 5.98. The van der Waals surface area contributed by atoms with E-state index in [1.807, 2.05) is 13.0 Å². The first-order chi connectivity index (χ1) is 9.62. The van der Waals surface area contributed by atoms with Crippen LogP contribution in [0, 0.1) is 0 Å². The van der Waals surface area contributed by atoms with E-state index in [1.165, 1.54) is 0 Å². The van der Waals surface area contributed by atoms with Gasteiger partial charge in [0, 0.05) is 24.4 Å². The normalized spacial score (nSPS) is 10.2. The van der Waals surface area contributed by atoms with E-state index in [0.29, 0.717) is 22.4 Å². The third-order valence-electron chi connectivity index (χ3n) is 2.52. The zero-order valence-electron chi connectivity index (χ0n) is 11.3. The van der Waals surface area contributed by atoms with E-state index in [9.17, 15) is 0 Å². The smallest absolute Gasteiger partial charge is 0.223 e. The number of nitrogens with one attached hydrogen (secondary N) is 2. The molecule has 2 aromatic rings. The van der Waals surface area contributed by atoms with Crippen LogP contribution in [0.5, 0.6) is 5.75 Å². The monoisotopic (exact) mass is 293 g/mol. The van der Waals surface area contributed by atoms with E-state index in [4.69, 9.17) is 22.1 Å². The SMILES string of the molecule is CCNc1cc(Nc2ccc(Cl)c(OC)c2)nc(N)n1. The molecule has 0 saturated carbocycles. The fraction of sp³-hybridized carbons (Fsp3) is 0.231. The van der Waals surface area contributed by atoms with Crippen LogP contribution in [0.15, 0.2) is 24.3 Å². The number of halogens is 1. The maximum Gasteiger partial charge on any atom is 0.223 e. The lowest BCUT2D eigenvalue weighted by Crippen LogP contribution is -2.05. The minimum atomic E-state index is 0.201. The van der Waals surface area contributed by atoms with Crippen LogP contribution in [0.1, 0.15) is 6.92 Å². The number of ether oxygens (including phenoxy) is 1. The number of hydrogen-bond donors (Lipinski definition) is 3. The van der Waals surface area contributed by atoms with Crippen molar-refractivity contribution in [3.8, 4) is 5.75 Å². The van der Waals surface area contributed by atoms with E-state index >= 15 is 0 Å². The third kappa shape index (κ3) is 3.42. The number of hydrogen-bond acceptors (Lipinski definition) is 6. The second-order valence-corrected chi connectivity index (χ2v) is 4.41. The van der Waals surface area contributed by atoms with Gasteiger partial charge in [-0.3, -0.25) is 0 Å². The molecule has 0 aliphatic carbocycles. The van der Waals surface area contributed by atoms with Gasteiger partial charge >= 0.3 is 0 Å². The quantitative estimate of drug-likeness (QED) is 0.786. The summed E-state index contributed by atoms with van der Waals surface area (Å²) < 4.78 is 5.17. The molecule has 1 aromatic carbocycles. The molecule has 20 heavy (non-hydrogen) atoms. The molecule has 0 bridgehead atoms. The van der Waals surface area contributed by atoms with Crippen LogP contribution in [0.3, 0.4) is 0 Å². The van der Waals surface area contributed by atoms with Crippen molar-refractivity contribution in [3.63, 3.8) is 0 Å². The summed E-state index contributed by atoms with van der Waals surface area (Å²) in [6, 6.07) is 7.14. The first kappa shape index (κ1) is 14.2. The van der Waals surface area contributed by atoms with Crippen molar-refractivity contribution >= 4 is 34.9 Å². The standard InChI is InChI=1S/C13H16ClN5O/c1-3-16-11-7-12(19-13(15)18-11)17-8-4-5-9(14)10(6-8)20-2/h4-7H,3H2,1-2H3,(H4,15,16,17,18,19). The van der Waals surface area contributed by atoms with Crippen molar-refractivity contribution in [1.29, 1.82) is 0 Å². The second kappa shape index (κ2) is 6.29. The molecular formula is C13H16ClN5O. The molecule has 106 valence electrons. The number of rotatable bonds is 5. The maximum atomic E-state index is 5.98. The molecule has 2 rings (SSSR count). The minimum absolute atomic E-state index is 0.201. The molecule has 0 unspecified atom stereocenters. The van der Waals surface area contributed by atoms with E-state index < -0.39 is 0 Å². The van der Waals surface area contributed by atoms with Crippen LogP contribution in [0.25, 0.3) is 0 Å². The van der Waals surface area contributed by atoms with E-state index in [2.05, 4.69) is 20.6 Å². The van der Waals surface area contributed by atoms with Gasteiger partial charge in [0.25, 0.3) is 0 Å². The number of anilines is 4. The highest BCUT2D eigenvalue weighted by molar-refractivity contribution is 6.32. The Balaban J connectivity index is 2.25. The lowest BCUT2D eigenvalue weighted by molar-refractivity contribution is 0.415. The molecular weight excluding hydrogens is 278 g/mol. The van der Waals surface area contributed by atoms with Gasteiger partial charge in [0.05, 0.1) is 12.1 Å². The van der Waals surface area contributed by atoms with Crippen molar-refractivity contribution in [1.82, 2.24) is 9.97 Å². The minimum Gasteiger partial charge on any atom is -0.495 e. The number of methoxy groups -OCH3 is 1. The summed E-state index contributed by atoms with van der Waals surface area (Å²) in [5, 5.41) is 6.77. The number of nitrogens with two attached hydrogens (primary N) is 1. The molecule has 6 nitrogen and oxygen atoms in total. The summed E-state index contributed by atoms with van der Waals surface area (Å²) in [6.07, 6.45) is 0. The molecule has 0 fully saturated rings. The molecule has 0 spiro atoms. The van der Waals surface area contributed by atoms with Crippen LogP contribution < -0.4 is 21.1 Å². The summed E-state index contributed by atoms with van der Waals surface area (Å²) in [7, 11) is 1.57. The van der Waals surface area contributed by atoms with Crippen molar-refractivity contribution in [2.24, 2.45) is 0 Å². The highest BCUT2D eigenvalue weighted by atomic mass is 35.5. The zero-order valence-corrected chi connectivity index (χ0v) is 12.0. The first-order valence-corrected chi connectivity index (χ1v) is 6.49. The van der Waals surface area contributed by atoms with Gasteiger partial charge in [0.1, 0.15) is 17.4 Å². The third-order valence-corrected chi connectivity index (χ3v) is 2.84. The van der Waals surface area contributed by atoms with Crippen LogP contribution in [-0.4, -0.2) is 23.6 Å². The predicted molar refractivity (Wildman–Crippen MR) is 81.9 cm³/mol. The largest absolute Gasteiger partial charge is 0.495 e. The Morgan fingerprint density at radius 3 is 2.70 bits per heavy atom. The average molecular weight is 294 g/mol. The van der Waals surface area contributed by atoms with Gasteiger partial charge < -0.3 is 21.1 Å². The Morgan fingerprint density at radius 2 is 2.00 bits per heavy atom. The van der Waals surface area contributed by atoms with Crippen molar-refractivity contribution in [3.05, 3.63) is 29.3 Å². The van der Waals surface area contributed by atoms with Gasteiger partial charge in [0.15, 0.2) is 0 Å². The van der Waals surface area contributed by atoms with Crippen LogP contribution in [0.2, 0.25) is 5.02 Å². The summed E-state index contributed by atoms with van der Waals surface area (Å²) in [5.41, 5.74) is 6.47. The molecule has 7 heteroatoms. The lowest BCUT2D eigenvalue weighted by Gasteiger charge is -2.10. The first-order valence-electron chi connectivity index (χ1n) is 6.11. The van der Waals surface area contributed by atoms with Gasteiger partial charge in [-0.15, -0.1) is 0 Å². The zero-order chi connectivity index (χ0) is 14.5. The van der Waals surface area contributed by atoms with E-state index in [0.717, 1.165) is 12.2 Å². The highest BCUT2D eigenvalue weighted by Crippen LogP contribution is 2.29. The van der Waals surface area contributed by atoms with Crippen molar-refractivity contribution in [2.45, 2.75) is 6.92 Å². The fourth-order valence-corrected chi connectivity index (χ4v) is 1.88. The number of aromatic nitrogens is 2. The van der Waals surface area contributed by atoms with E-state index in [-0.39, 0.29) is 5.95 Å². The Bertz CT molecular complexity index is 605. The Morgan fingerprint density at radius 1 is 1.25 bits per heavy atom. The van der Waals surface area contributed by atoms with Crippen LogP contribution >= 0.6 is 11.6 Å². The molecule has 0 radical (unpaired) electrons. The average Bonchev–Trinajstić information content (AvgIpc) is 2.40. The molecule has 4 N–H and O–H groups in total. The van der Waals surface area contributed by atoms with Gasteiger partial charge in [0.2, 0.25) is 5.95 Å². The molecule has 0 saturated heterocycles. The van der Waals surface area contributed by atoms with Crippen molar-refractivity contribution in [2.75, 3.05) is 30.0 Å². The van der Waals surface area contributed by atoms with Gasteiger partial charge in [-0.2, -0.15) is 9.97 Å². The predicted octanol–water partition coefficient (Wildman–Crippen LogP) is 2.90. The lowest BCUT2D eigenvalue weighted by atomic mass is 10.3. The second-order valence-electron chi connectivity index (χ2n) is 4.00. The summed E-state index contributed by atoms with van der Waals surface area (Å²) >= 11 is 5.98. The molecule has 0 aliphatic heterocycles. The molecule has 1 heterocycles.